The van der Waals surface area contributed by atoms with Crippen LogP contribution in [-0.4, -0.2) is 68.3 Å². The lowest BCUT2D eigenvalue weighted by molar-refractivity contribution is 0.0306. The minimum atomic E-state index is 0.391. The summed E-state index contributed by atoms with van der Waals surface area (Å²) in [5.41, 5.74) is 2.67. The van der Waals surface area contributed by atoms with Gasteiger partial charge in [0.2, 0.25) is 0 Å². The molecule has 0 bridgehead atoms. The van der Waals surface area contributed by atoms with E-state index in [1.54, 1.807) is 6.26 Å². The van der Waals surface area contributed by atoms with Crippen molar-refractivity contribution in [2.45, 2.75) is 12.6 Å². The molecule has 3 aromatic rings. The largest absolute Gasteiger partial charge is 0.469 e. The fraction of sp³-hybridized carbons (Fsp3) is 0.385. The normalized spacial score (nSPS) is 18.6. The Morgan fingerprint density at radius 1 is 0.581 bits per heavy atom. The summed E-state index contributed by atoms with van der Waals surface area (Å²) in [5.74, 6) is 1.08. The van der Waals surface area contributed by atoms with Gasteiger partial charge in [-0.2, -0.15) is 0 Å². The van der Waals surface area contributed by atoms with Crippen molar-refractivity contribution in [3.63, 3.8) is 0 Å². The minimum absolute atomic E-state index is 0.391. The Balaban J connectivity index is 1.25. The summed E-state index contributed by atoms with van der Waals surface area (Å²) in [5, 5.41) is 0. The van der Waals surface area contributed by atoms with E-state index in [0.29, 0.717) is 6.17 Å². The Hall–Kier alpha value is -2.76. The molecule has 0 amide bonds. The molecule has 5 heteroatoms. The van der Waals surface area contributed by atoms with E-state index >= 15 is 0 Å². The van der Waals surface area contributed by atoms with Crippen LogP contribution in [0.25, 0.3) is 0 Å². The molecule has 1 aromatic heterocycles. The van der Waals surface area contributed by atoms with Crippen LogP contribution >= 0.6 is 0 Å². The smallest absolute Gasteiger partial charge is 0.106 e. The van der Waals surface area contributed by atoms with Gasteiger partial charge < -0.3 is 14.2 Å². The molecular formula is C26H32N4O. The van der Waals surface area contributed by atoms with Crippen molar-refractivity contribution < 1.29 is 4.42 Å². The summed E-state index contributed by atoms with van der Waals surface area (Å²) < 4.78 is 5.75. The molecule has 0 atom stereocenters. The van der Waals surface area contributed by atoms with Crippen LogP contribution in [0.2, 0.25) is 0 Å². The van der Waals surface area contributed by atoms with E-state index < -0.39 is 0 Å². The van der Waals surface area contributed by atoms with Crippen molar-refractivity contribution in [2.75, 3.05) is 62.2 Å². The summed E-state index contributed by atoms with van der Waals surface area (Å²) in [6.45, 7) is 8.62. The van der Waals surface area contributed by atoms with E-state index in [1.807, 2.05) is 6.07 Å². The molecule has 0 aliphatic carbocycles. The molecule has 2 fully saturated rings. The molecule has 31 heavy (non-hydrogen) atoms. The quantitative estimate of drug-likeness (QED) is 0.609. The van der Waals surface area contributed by atoms with Gasteiger partial charge in [0, 0.05) is 70.2 Å². The lowest BCUT2D eigenvalue weighted by Crippen LogP contribution is -2.60. The highest BCUT2D eigenvalue weighted by atomic mass is 16.3. The third kappa shape index (κ3) is 4.78. The lowest BCUT2D eigenvalue weighted by atomic mass is 10.1. The SMILES string of the molecule is c1ccc(N2CCN(C(Cc3ccco3)N3CCN(c4ccccc4)CC3)CC2)cc1. The summed E-state index contributed by atoms with van der Waals surface area (Å²) >= 11 is 0. The highest BCUT2D eigenvalue weighted by molar-refractivity contribution is 5.47. The van der Waals surface area contributed by atoms with Crippen molar-refractivity contribution in [1.29, 1.82) is 0 Å². The second-order valence-corrected chi connectivity index (χ2v) is 8.48. The molecular weight excluding hydrogens is 384 g/mol. The van der Waals surface area contributed by atoms with E-state index in [2.05, 4.69) is 86.3 Å². The third-order valence-electron chi connectivity index (χ3n) is 6.68. The number of benzene rings is 2. The highest BCUT2D eigenvalue weighted by Gasteiger charge is 2.31. The molecule has 0 spiro atoms. The van der Waals surface area contributed by atoms with Crippen molar-refractivity contribution in [2.24, 2.45) is 0 Å². The highest BCUT2D eigenvalue weighted by Crippen LogP contribution is 2.23. The van der Waals surface area contributed by atoms with Gasteiger partial charge in [-0.15, -0.1) is 0 Å². The van der Waals surface area contributed by atoms with Gasteiger partial charge in [0.05, 0.1) is 12.4 Å². The van der Waals surface area contributed by atoms with Gasteiger partial charge in [-0.05, 0) is 36.4 Å². The Bertz CT molecular complexity index is 840. The summed E-state index contributed by atoms with van der Waals surface area (Å²) in [6.07, 6.45) is 3.14. The Kier molecular flexibility index (Phi) is 6.23. The second kappa shape index (κ2) is 9.58. The number of hydrogen-bond acceptors (Lipinski definition) is 5. The van der Waals surface area contributed by atoms with Gasteiger partial charge in [-0.1, -0.05) is 36.4 Å². The molecule has 162 valence electrons. The van der Waals surface area contributed by atoms with Gasteiger partial charge in [0.15, 0.2) is 0 Å². The number of hydrogen-bond donors (Lipinski definition) is 0. The van der Waals surface area contributed by atoms with Gasteiger partial charge in [0.1, 0.15) is 5.76 Å². The predicted octanol–water partition coefficient (Wildman–Crippen LogP) is 3.79. The van der Waals surface area contributed by atoms with Crippen molar-refractivity contribution in [1.82, 2.24) is 9.80 Å². The average Bonchev–Trinajstić information content (AvgIpc) is 3.37. The first-order valence-corrected chi connectivity index (χ1v) is 11.5. The Morgan fingerprint density at radius 3 is 1.48 bits per heavy atom. The van der Waals surface area contributed by atoms with E-state index in [0.717, 1.165) is 64.5 Å². The molecule has 3 heterocycles. The third-order valence-corrected chi connectivity index (χ3v) is 6.68. The number of para-hydroxylation sites is 2. The summed E-state index contributed by atoms with van der Waals surface area (Å²) in [7, 11) is 0. The summed E-state index contributed by atoms with van der Waals surface area (Å²) in [6, 6.07) is 25.7. The molecule has 5 rings (SSSR count). The minimum Gasteiger partial charge on any atom is -0.469 e. The summed E-state index contributed by atoms with van der Waals surface area (Å²) in [4.78, 5) is 10.3. The van der Waals surface area contributed by atoms with Crippen LogP contribution in [0, 0.1) is 0 Å². The lowest BCUT2D eigenvalue weighted by Gasteiger charge is -2.47. The maximum atomic E-state index is 5.75. The molecule has 0 unspecified atom stereocenters. The molecule has 0 N–H and O–H groups in total. The number of nitrogens with zero attached hydrogens (tertiary/aromatic N) is 4. The van der Waals surface area contributed by atoms with Crippen LogP contribution in [0.1, 0.15) is 5.76 Å². The number of piperazine rings is 2. The van der Waals surface area contributed by atoms with E-state index in [1.165, 1.54) is 11.4 Å². The molecule has 5 nitrogen and oxygen atoms in total. The molecule has 2 aliphatic heterocycles. The fourth-order valence-electron chi connectivity index (χ4n) is 4.93. The zero-order valence-corrected chi connectivity index (χ0v) is 18.1. The first kappa shape index (κ1) is 20.2. The first-order valence-electron chi connectivity index (χ1n) is 11.5. The molecule has 2 aliphatic rings. The van der Waals surface area contributed by atoms with Crippen LogP contribution in [0.15, 0.2) is 83.5 Å². The topological polar surface area (TPSA) is 26.1 Å². The van der Waals surface area contributed by atoms with Gasteiger partial charge in [-0.25, -0.2) is 0 Å². The Morgan fingerprint density at radius 2 is 1.06 bits per heavy atom. The van der Waals surface area contributed by atoms with Crippen LogP contribution < -0.4 is 9.80 Å². The van der Waals surface area contributed by atoms with Crippen LogP contribution in [0.5, 0.6) is 0 Å². The zero-order chi connectivity index (χ0) is 20.9. The van der Waals surface area contributed by atoms with Gasteiger partial charge in [-0.3, -0.25) is 9.80 Å². The first-order chi connectivity index (χ1) is 15.4. The number of furan rings is 1. The number of anilines is 2. The van der Waals surface area contributed by atoms with Gasteiger partial charge in [0.25, 0.3) is 0 Å². The van der Waals surface area contributed by atoms with Gasteiger partial charge >= 0.3 is 0 Å². The van der Waals surface area contributed by atoms with E-state index in [4.69, 9.17) is 4.42 Å². The molecule has 2 saturated heterocycles. The van der Waals surface area contributed by atoms with Crippen LogP contribution in [0.4, 0.5) is 11.4 Å². The predicted molar refractivity (Wildman–Crippen MR) is 127 cm³/mol. The average molecular weight is 417 g/mol. The van der Waals surface area contributed by atoms with Crippen molar-refractivity contribution in [3.05, 3.63) is 84.8 Å². The van der Waals surface area contributed by atoms with Crippen molar-refractivity contribution >= 4 is 11.4 Å². The number of rotatable bonds is 6. The standard InChI is InChI=1S/C26H32N4O/c1-3-8-23(9-4-1)27-13-17-29(18-14-27)26(22-25-12-7-21-31-25)30-19-15-28(16-20-30)24-10-5-2-6-11-24/h1-12,21,26H,13-20,22H2. The van der Waals surface area contributed by atoms with E-state index in [-0.39, 0.29) is 0 Å². The maximum Gasteiger partial charge on any atom is 0.106 e. The second-order valence-electron chi connectivity index (χ2n) is 8.48. The van der Waals surface area contributed by atoms with E-state index in [9.17, 15) is 0 Å². The maximum absolute atomic E-state index is 5.75. The monoisotopic (exact) mass is 416 g/mol. The molecule has 0 radical (unpaired) electrons. The zero-order valence-electron chi connectivity index (χ0n) is 18.1. The molecule has 2 aromatic carbocycles. The van der Waals surface area contributed by atoms with Crippen molar-refractivity contribution in [3.8, 4) is 0 Å². The Labute approximate surface area is 185 Å². The van der Waals surface area contributed by atoms with Crippen LogP contribution in [0.3, 0.4) is 0 Å². The molecule has 0 saturated carbocycles. The fourth-order valence-corrected chi connectivity index (χ4v) is 4.93. The van der Waals surface area contributed by atoms with Crippen LogP contribution in [-0.2, 0) is 6.42 Å².